The van der Waals surface area contributed by atoms with E-state index in [4.69, 9.17) is 0 Å². The Morgan fingerprint density at radius 2 is 2.14 bits per heavy atom. The Balaban J connectivity index is 1.95. The molecule has 1 aliphatic heterocycles. The zero-order valence-electron chi connectivity index (χ0n) is 9.28. The van der Waals surface area contributed by atoms with Gasteiger partial charge in [-0.25, -0.2) is 0 Å². The van der Waals surface area contributed by atoms with Crippen molar-refractivity contribution in [3.05, 3.63) is 0 Å². The zero-order valence-corrected chi connectivity index (χ0v) is 9.28. The van der Waals surface area contributed by atoms with Crippen LogP contribution in [0.1, 0.15) is 45.4 Å². The molecule has 1 aliphatic carbocycles. The van der Waals surface area contributed by atoms with Crippen LogP contribution in [0.4, 0.5) is 0 Å². The summed E-state index contributed by atoms with van der Waals surface area (Å²) < 4.78 is 0. The molecule has 1 N–H and O–H groups in total. The van der Waals surface area contributed by atoms with Gasteiger partial charge in [0, 0.05) is 6.04 Å². The fourth-order valence-corrected chi connectivity index (χ4v) is 3.30. The molecule has 0 aromatic rings. The van der Waals surface area contributed by atoms with Crippen molar-refractivity contribution in [3.63, 3.8) is 0 Å². The van der Waals surface area contributed by atoms with Crippen molar-refractivity contribution in [2.75, 3.05) is 13.1 Å². The van der Waals surface area contributed by atoms with E-state index in [1.807, 2.05) is 0 Å². The number of hydrogen-bond donors (Lipinski definition) is 1. The molecule has 14 heavy (non-hydrogen) atoms. The van der Waals surface area contributed by atoms with Gasteiger partial charge < -0.3 is 10.0 Å². The van der Waals surface area contributed by atoms with Crippen LogP contribution < -0.4 is 0 Å². The predicted octanol–water partition coefficient (Wildman–Crippen LogP) is 2.02. The van der Waals surface area contributed by atoms with E-state index in [9.17, 15) is 5.11 Å². The highest BCUT2D eigenvalue weighted by atomic mass is 16.3. The molecule has 2 nitrogen and oxygen atoms in total. The van der Waals surface area contributed by atoms with Crippen LogP contribution in [0, 0.1) is 5.92 Å². The number of rotatable bonds is 2. The van der Waals surface area contributed by atoms with Crippen molar-refractivity contribution in [2.24, 2.45) is 5.92 Å². The molecule has 0 aromatic carbocycles. The lowest BCUT2D eigenvalue weighted by atomic mass is 9.77. The Morgan fingerprint density at radius 1 is 1.29 bits per heavy atom. The third-order valence-corrected chi connectivity index (χ3v) is 3.91. The monoisotopic (exact) mass is 197 g/mol. The maximum atomic E-state index is 9.65. The highest BCUT2D eigenvalue weighted by Crippen LogP contribution is 2.35. The number of aliphatic hydroxyl groups excluding tert-OH is 1. The van der Waals surface area contributed by atoms with Gasteiger partial charge in [0.15, 0.2) is 0 Å². The molecule has 0 radical (unpaired) electrons. The van der Waals surface area contributed by atoms with Crippen molar-refractivity contribution in [1.82, 2.24) is 4.90 Å². The average Bonchev–Trinajstić information content (AvgIpc) is 2.18. The standard InChI is InChI=1S/C12H23NO/c1-2-7-13-8-3-4-10-9-11(14)5-6-12(10)13/h10-12,14H,2-9H2,1H3/t10-,11?,12-/m0/s1. The van der Waals surface area contributed by atoms with Gasteiger partial charge in [-0.2, -0.15) is 0 Å². The zero-order chi connectivity index (χ0) is 9.97. The molecule has 2 heteroatoms. The molecular weight excluding hydrogens is 174 g/mol. The smallest absolute Gasteiger partial charge is 0.0544 e. The lowest BCUT2D eigenvalue weighted by molar-refractivity contribution is 0.00524. The minimum atomic E-state index is -0.00201. The summed E-state index contributed by atoms with van der Waals surface area (Å²) in [7, 11) is 0. The summed E-state index contributed by atoms with van der Waals surface area (Å²) in [5.74, 6) is 0.791. The van der Waals surface area contributed by atoms with Crippen LogP contribution >= 0.6 is 0 Å². The van der Waals surface area contributed by atoms with Crippen molar-refractivity contribution in [3.8, 4) is 0 Å². The quantitative estimate of drug-likeness (QED) is 0.732. The van der Waals surface area contributed by atoms with Gasteiger partial charge in [-0.1, -0.05) is 6.92 Å². The molecule has 2 fully saturated rings. The van der Waals surface area contributed by atoms with Gasteiger partial charge in [0.05, 0.1) is 6.10 Å². The van der Waals surface area contributed by atoms with Crippen molar-refractivity contribution in [2.45, 2.75) is 57.6 Å². The summed E-state index contributed by atoms with van der Waals surface area (Å²) in [5.41, 5.74) is 0. The summed E-state index contributed by atoms with van der Waals surface area (Å²) >= 11 is 0. The normalized spacial score (nSPS) is 39.4. The maximum Gasteiger partial charge on any atom is 0.0544 e. The molecule has 0 spiro atoms. The molecule has 1 saturated heterocycles. The first kappa shape index (κ1) is 10.4. The Morgan fingerprint density at radius 3 is 2.93 bits per heavy atom. The third kappa shape index (κ3) is 2.12. The first-order valence-electron chi connectivity index (χ1n) is 6.23. The molecule has 0 amide bonds. The Labute approximate surface area is 87.3 Å². The second-order valence-electron chi connectivity index (χ2n) is 4.97. The second-order valence-corrected chi connectivity index (χ2v) is 4.97. The fraction of sp³-hybridized carbons (Fsp3) is 1.00. The van der Waals surface area contributed by atoms with Crippen molar-refractivity contribution < 1.29 is 5.11 Å². The Bertz CT molecular complexity index is 174. The number of aliphatic hydroxyl groups is 1. The number of fused-ring (bicyclic) bond motifs is 1. The lowest BCUT2D eigenvalue weighted by Crippen LogP contribution is -2.49. The molecule has 1 saturated carbocycles. The SMILES string of the molecule is CCCN1CCC[C@H]2CC(O)CC[C@@H]21. The Hall–Kier alpha value is -0.0800. The van der Waals surface area contributed by atoms with Crippen LogP contribution in [-0.4, -0.2) is 35.2 Å². The van der Waals surface area contributed by atoms with E-state index < -0.39 is 0 Å². The van der Waals surface area contributed by atoms with Crippen molar-refractivity contribution >= 4 is 0 Å². The maximum absolute atomic E-state index is 9.65. The highest BCUT2D eigenvalue weighted by Gasteiger charge is 2.35. The predicted molar refractivity (Wildman–Crippen MR) is 58.2 cm³/mol. The van der Waals surface area contributed by atoms with Crippen LogP contribution in [-0.2, 0) is 0 Å². The van der Waals surface area contributed by atoms with E-state index >= 15 is 0 Å². The van der Waals surface area contributed by atoms with Gasteiger partial charge in [-0.15, -0.1) is 0 Å². The molecule has 2 rings (SSSR count). The fourth-order valence-electron chi connectivity index (χ4n) is 3.30. The molecule has 2 aliphatic rings. The van der Waals surface area contributed by atoms with Gasteiger partial charge in [-0.3, -0.25) is 0 Å². The largest absolute Gasteiger partial charge is 0.393 e. The highest BCUT2D eigenvalue weighted by molar-refractivity contribution is 4.89. The van der Waals surface area contributed by atoms with E-state index in [1.54, 1.807) is 0 Å². The van der Waals surface area contributed by atoms with Gasteiger partial charge in [0.25, 0.3) is 0 Å². The second kappa shape index (κ2) is 4.63. The topological polar surface area (TPSA) is 23.5 Å². The minimum Gasteiger partial charge on any atom is -0.393 e. The van der Waals surface area contributed by atoms with Crippen molar-refractivity contribution in [1.29, 1.82) is 0 Å². The van der Waals surface area contributed by atoms with Crippen LogP contribution in [0.25, 0.3) is 0 Å². The first-order chi connectivity index (χ1) is 6.81. The van der Waals surface area contributed by atoms with E-state index in [1.165, 1.54) is 38.8 Å². The first-order valence-corrected chi connectivity index (χ1v) is 6.23. The number of likely N-dealkylation sites (tertiary alicyclic amines) is 1. The van der Waals surface area contributed by atoms with Crippen LogP contribution in [0.3, 0.4) is 0 Å². The summed E-state index contributed by atoms with van der Waals surface area (Å²) in [4.78, 5) is 2.67. The molecule has 0 bridgehead atoms. The van der Waals surface area contributed by atoms with Crippen LogP contribution in [0.2, 0.25) is 0 Å². The van der Waals surface area contributed by atoms with E-state index in [0.29, 0.717) is 0 Å². The number of nitrogens with zero attached hydrogens (tertiary/aromatic N) is 1. The lowest BCUT2D eigenvalue weighted by Gasteiger charge is -2.45. The molecular formula is C12H23NO. The Kier molecular flexibility index (Phi) is 3.45. The number of hydrogen-bond acceptors (Lipinski definition) is 2. The average molecular weight is 197 g/mol. The van der Waals surface area contributed by atoms with Gasteiger partial charge >= 0.3 is 0 Å². The number of piperidine rings is 1. The van der Waals surface area contributed by atoms with Crippen LogP contribution in [0.15, 0.2) is 0 Å². The van der Waals surface area contributed by atoms with E-state index in [-0.39, 0.29) is 6.10 Å². The summed E-state index contributed by atoms with van der Waals surface area (Å²) in [6, 6.07) is 0.798. The molecule has 1 unspecified atom stereocenters. The van der Waals surface area contributed by atoms with E-state index in [2.05, 4.69) is 11.8 Å². The summed E-state index contributed by atoms with van der Waals surface area (Å²) in [6.07, 6.45) is 7.28. The summed E-state index contributed by atoms with van der Waals surface area (Å²) in [6.45, 7) is 4.82. The molecule has 82 valence electrons. The van der Waals surface area contributed by atoms with E-state index in [0.717, 1.165) is 24.8 Å². The minimum absolute atomic E-state index is 0.00201. The molecule has 3 atom stereocenters. The third-order valence-electron chi connectivity index (χ3n) is 3.91. The molecule has 1 heterocycles. The van der Waals surface area contributed by atoms with Gasteiger partial charge in [0.2, 0.25) is 0 Å². The molecule has 0 aromatic heterocycles. The van der Waals surface area contributed by atoms with Gasteiger partial charge in [0.1, 0.15) is 0 Å². The van der Waals surface area contributed by atoms with Crippen LogP contribution in [0.5, 0.6) is 0 Å². The summed E-state index contributed by atoms with van der Waals surface area (Å²) in [5, 5.41) is 9.65. The van der Waals surface area contributed by atoms with Gasteiger partial charge in [-0.05, 0) is 57.5 Å².